The number of nitrogens with one attached hydrogen (secondary N) is 2. The van der Waals surface area contributed by atoms with Crippen molar-refractivity contribution in [3.05, 3.63) is 35.9 Å². The summed E-state index contributed by atoms with van der Waals surface area (Å²) in [5.74, 6) is 0.720. The number of carbonyl (C=O) groups excluding carboxylic acids is 1. The van der Waals surface area contributed by atoms with Crippen LogP contribution in [-0.4, -0.2) is 48.1 Å². The fourth-order valence-corrected chi connectivity index (χ4v) is 4.37. The van der Waals surface area contributed by atoms with E-state index in [0.717, 1.165) is 45.4 Å². The minimum atomic E-state index is 0.310. The second-order valence-corrected chi connectivity index (χ2v) is 7.35. The quantitative estimate of drug-likeness (QED) is 0.889. The Morgan fingerprint density at radius 2 is 1.67 bits per heavy atom. The maximum Gasteiger partial charge on any atom is 0.225 e. The Kier molecular flexibility index (Phi) is 4.83. The van der Waals surface area contributed by atoms with Crippen LogP contribution in [0.25, 0.3) is 0 Å². The van der Waals surface area contributed by atoms with Gasteiger partial charge in [0, 0.05) is 38.1 Å². The van der Waals surface area contributed by atoms with E-state index in [1.165, 1.54) is 18.4 Å². The van der Waals surface area contributed by atoms with E-state index in [4.69, 9.17) is 0 Å². The lowest BCUT2D eigenvalue weighted by atomic mass is 10.0. The lowest BCUT2D eigenvalue weighted by Crippen LogP contribution is -2.55. The second-order valence-electron chi connectivity index (χ2n) is 7.35. The van der Waals surface area contributed by atoms with Gasteiger partial charge in [-0.15, -0.1) is 0 Å². The molecule has 0 spiro atoms. The number of benzene rings is 1. The number of rotatable bonds is 3. The third kappa shape index (κ3) is 3.34. The van der Waals surface area contributed by atoms with Gasteiger partial charge in [-0.1, -0.05) is 43.2 Å². The van der Waals surface area contributed by atoms with Crippen molar-refractivity contribution >= 4 is 5.91 Å². The Morgan fingerprint density at radius 3 is 2.38 bits per heavy atom. The van der Waals surface area contributed by atoms with Crippen LogP contribution >= 0.6 is 0 Å². The molecule has 3 aliphatic rings. The van der Waals surface area contributed by atoms with E-state index in [-0.39, 0.29) is 0 Å². The number of amides is 1. The zero-order valence-corrected chi connectivity index (χ0v) is 14.3. The summed E-state index contributed by atoms with van der Waals surface area (Å²) in [5.41, 5.74) is 8.21. The van der Waals surface area contributed by atoms with Crippen LogP contribution in [0.4, 0.5) is 0 Å². The summed E-state index contributed by atoms with van der Waals surface area (Å²) in [6.45, 7) is 3.70. The van der Waals surface area contributed by atoms with Gasteiger partial charge >= 0.3 is 0 Å². The van der Waals surface area contributed by atoms with Crippen LogP contribution in [0.1, 0.15) is 43.7 Å². The first-order valence-corrected chi connectivity index (χ1v) is 9.40. The molecule has 1 saturated carbocycles. The Hall–Kier alpha value is -1.43. The van der Waals surface area contributed by atoms with Crippen molar-refractivity contribution in [2.45, 2.75) is 44.3 Å². The SMILES string of the molecule is O=C(C1CCCC1)N1CCN(C2CC(c3ccccc3)NN2)CC1. The first kappa shape index (κ1) is 16.1. The van der Waals surface area contributed by atoms with Gasteiger partial charge in [-0.3, -0.25) is 9.69 Å². The number of piperazine rings is 1. The lowest BCUT2D eigenvalue weighted by molar-refractivity contribution is -0.137. The normalized spacial score (nSPS) is 29.2. The number of hydrogen-bond acceptors (Lipinski definition) is 4. The molecular weight excluding hydrogens is 300 g/mol. The van der Waals surface area contributed by atoms with E-state index in [1.807, 2.05) is 0 Å². The summed E-state index contributed by atoms with van der Waals surface area (Å²) in [4.78, 5) is 17.1. The molecule has 0 aromatic heterocycles. The summed E-state index contributed by atoms with van der Waals surface area (Å²) in [5, 5.41) is 0. The first-order valence-electron chi connectivity index (χ1n) is 9.40. The predicted octanol–water partition coefficient (Wildman–Crippen LogP) is 1.89. The maximum absolute atomic E-state index is 12.5. The molecule has 0 radical (unpaired) electrons. The highest BCUT2D eigenvalue weighted by Crippen LogP contribution is 2.28. The number of hydrogen-bond donors (Lipinski definition) is 2. The van der Waals surface area contributed by atoms with Crippen LogP contribution in [-0.2, 0) is 4.79 Å². The molecule has 1 aromatic rings. The van der Waals surface area contributed by atoms with Gasteiger partial charge in [-0.05, 0) is 24.8 Å². The van der Waals surface area contributed by atoms with E-state index in [0.29, 0.717) is 24.0 Å². The van der Waals surface area contributed by atoms with Crippen LogP contribution < -0.4 is 10.9 Å². The third-order valence-corrected chi connectivity index (χ3v) is 5.86. The highest BCUT2D eigenvalue weighted by molar-refractivity contribution is 5.79. The average molecular weight is 328 g/mol. The fraction of sp³-hybridized carbons (Fsp3) is 0.632. The molecule has 2 heterocycles. The van der Waals surface area contributed by atoms with Crippen LogP contribution in [0.15, 0.2) is 30.3 Å². The van der Waals surface area contributed by atoms with Gasteiger partial charge in [0.15, 0.2) is 0 Å². The van der Waals surface area contributed by atoms with Crippen molar-refractivity contribution in [3.63, 3.8) is 0 Å². The monoisotopic (exact) mass is 328 g/mol. The summed E-state index contributed by atoms with van der Waals surface area (Å²) in [7, 11) is 0. The molecule has 1 aliphatic carbocycles. The molecule has 1 amide bonds. The van der Waals surface area contributed by atoms with Gasteiger partial charge in [0.05, 0.1) is 6.17 Å². The van der Waals surface area contributed by atoms with E-state index in [2.05, 4.69) is 51.0 Å². The molecule has 130 valence electrons. The molecule has 5 heteroatoms. The molecule has 4 rings (SSSR count). The lowest BCUT2D eigenvalue weighted by Gasteiger charge is -2.38. The number of hydrazine groups is 1. The van der Waals surface area contributed by atoms with Crippen LogP contribution in [0, 0.1) is 5.92 Å². The highest BCUT2D eigenvalue weighted by Gasteiger charge is 2.34. The van der Waals surface area contributed by atoms with Gasteiger partial charge in [0.2, 0.25) is 5.91 Å². The minimum Gasteiger partial charge on any atom is -0.340 e. The molecule has 3 fully saturated rings. The van der Waals surface area contributed by atoms with Gasteiger partial charge in [-0.25, -0.2) is 10.9 Å². The van der Waals surface area contributed by atoms with E-state index >= 15 is 0 Å². The zero-order valence-electron chi connectivity index (χ0n) is 14.3. The molecular formula is C19H28N4O. The van der Waals surface area contributed by atoms with Crippen LogP contribution in [0.2, 0.25) is 0 Å². The second kappa shape index (κ2) is 7.21. The van der Waals surface area contributed by atoms with Gasteiger partial charge in [-0.2, -0.15) is 0 Å². The van der Waals surface area contributed by atoms with Crippen LogP contribution in [0.3, 0.4) is 0 Å². The van der Waals surface area contributed by atoms with Crippen molar-refractivity contribution in [1.29, 1.82) is 0 Å². The molecule has 2 aliphatic heterocycles. The minimum absolute atomic E-state index is 0.310. The molecule has 2 atom stereocenters. The van der Waals surface area contributed by atoms with Crippen molar-refractivity contribution in [2.75, 3.05) is 26.2 Å². The van der Waals surface area contributed by atoms with E-state index in [1.54, 1.807) is 0 Å². The highest BCUT2D eigenvalue weighted by atomic mass is 16.2. The van der Waals surface area contributed by atoms with Crippen molar-refractivity contribution in [3.8, 4) is 0 Å². The topological polar surface area (TPSA) is 47.6 Å². The molecule has 1 aromatic carbocycles. The molecule has 2 N–H and O–H groups in total. The van der Waals surface area contributed by atoms with Gasteiger partial charge in [0.1, 0.15) is 0 Å². The molecule has 5 nitrogen and oxygen atoms in total. The van der Waals surface area contributed by atoms with Crippen molar-refractivity contribution in [2.24, 2.45) is 5.92 Å². The van der Waals surface area contributed by atoms with Crippen molar-refractivity contribution in [1.82, 2.24) is 20.7 Å². The molecule has 2 unspecified atom stereocenters. The standard InChI is InChI=1S/C19H28N4O/c24-19(16-8-4-5-9-16)23-12-10-22(11-13-23)18-14-17(20-21-18)15-6-2-1-3-7-15/h1-3,6-7,16-18,20-21H,4-5,8-14H2. The Bertz CT molecular complexity index is 550. The first-order chi connectivity index (χ1) is 11.8. The predicted molar refractivity (Wildman–Crippen MR) is 94.0 cm³/mol. The van der Waals surface area contributed by atoms with Gasteiger partial charge < -0.3 is 4.90 Å². The summed E-state index contributed by atoms with van der Waals surface area (Å²) >= 11 is 0. The third-order valence-electron chi connectivity index (χ3n) is 5.86. The van der Waals surface area contributed by atoms with E-state index in [9.17, 15) is 4.79 Å². The summed E-state index contributed by atoms with van der Waals surface area (Å²) in [6.07, 6.45) is 6.10. The van der Waals surface area contributed by atoms with E-state index < -0.39 is 0 Å². The summed E-state index contributed by atoms with van der Waals surface area (Å²) < 4.78 is 0. The van der Waals surface area contributed by atoms with Crippen LogP contribution in [0.5, 0.6) is 0 Å². The smallest absolute Gasteiger partial charge is 0.225 e. The molecule has 2 saturated heterocycles. The Balaban J connectivity index is 1.28. The Labute approximate surface area is 144 Å². The molecule has 24 heavy (non-hydrogen) atoms. The zero-order chi connectivity index (χ0) is 16.4. The number of nitrogens with zero attached hydrogens (tertiary/aromatic N) is 2. The fourth-order valence-electron chi connectivity index (χ4n) is 4.37. The Morgan fingerprint density at radius 1 is 0.958 bits per heavy atom. The van der Waals surface area contributed by atoms with Crippen molar-refractivity contribution < 1.29 is 4.79 Å². The van der Waals surface area contributed by atoms with Gasteiger partial charge in [0.25, 0.3) is 0 Å². The number of carbonyl (C=O) groups is 1. The largest absolute Gasteiger partial charge is 0.340 e. The summed E-state index contributed by atoms with van der Waals surface area (Å²) in [6, 6.07) is 11.0. The maximum atomic E-state index is 12.5. The molecule has 0 bridgehead atoms. The average Bonchev–Trinajstić information content (AvgIpc) is 3.34.